The Kier molecular flexibility index (Phi) is 2.98. The van der Waals surface area contributed by atoms with Crippen molar-refractivity contribution in [1.82, 2.24) is 5.32 Å². The lowest BCUT2D eigenvalue weighted by Gasteiger charge is -2.21. The number of hydrogen-bond donors (Lipinski definition) is 2. The molecular formula is C12H9N3O3. The van der Waals surface area contributed by atoms with Crippen molar-refractivity contribution in [2.75, 3.05) is 12.4 Å². The van der Waals surface area contributed by atoms with Crippen LogP contribution in [-0.4, -0.2) is 19.0 Å². The molecule has 18 heavy (non-hydrogen) atoms. The van der Waals surface area contributed by atoms with Crippen LogP contribution in [0.3, 0.4) is 0 Å². The SMILES string of the molecule is COC(=O)/C(C#N)=C1/NC(=O)c2ccccc2N1. The van der Waals surface area contributed by atoms with Crippen LogP contribution in [0, 0.1) is 11.3 Å². The molecule has 0 aromatic heterocycles. The van der Waals surface area contributed by atoms with Gasteiger partial charge in [-0.1, -0.05) is 12.1 Å². The van der Waals surface area contributed by atoms with Gasteiger partial charge in [-0.25, -0.2) is 4.79 Å². The van der Waals surface area contributed by atoms with Gasteiger partial charge in [0.05, 0.1) is 18.4 Å². The minimum Gasteiger partial charge on any atom is -0.465 e. The van der Waals surface area contributed by atoms with Gasteiger partial charge in [0.1, 0.15) is 11.9 Å². The zero-order valence-electron chi connectivity index (χ0n) is 9.48. The van der Waals surface area contributed by atoms with E-state index in [-0.39, 0.29) is 17.3 Å². The van der Waals surface area contributed by atoms with Crippen LogP contribution in [0.1, 0.15) is 10.4 Å². The second-order valence-electron chi connectivity index (χ2n) is 3.48. The number of esters is 1. The van der Waals surface area contributed by atoms with E-state index in [1.54, 1.807) is 30.3 Å². The molecular weight excluding hydrogens is 234 g/mol. The number of nitriles is 1. The highest BCUT2D eigenvalue weighted by molar-refractivity contribution is 6.05. The van der Waals surface area contributed by atoms with Crippen LogP contribution in [-0.2, 0) is 9.53 Å². The molecule has 2 N–H and O–H groups in total. The molecule has 0 fully saturated rings. The summed E-state index contributed by atoms with van der Waals surface area (Å²) in [7, 11) is 1.17. The summed E-state index contributed by atoms with van der Waals surface area (Å²) in [5.41, 5.74) is 0.705. The molecule has 0 unspecified atom stereocenters. The molecule has 0 aliphatic carbocycles. The first-order valence-corrected chi connectivity index (χ1v) is 5.07. The molecule has 6 heteroatoms. The maximum Gasteiger partial charge on any atom is 0.352 e. The van der Waals surface area contributed by atoms with E-state index in [1.807, 2.05) is 0 Å². The Morgan fingerprint density at radius 2 is 2.06 bits per heavy atom. The van der Waals surface area contributed by atoms with Gasteiger partial charge in [-0.05, 0) is 12.1 Å². The third-order valence-corrected chi connectivity index (χ3v) is 2.42. The number of benzene rings is 1. The van der Waals surface area contributed by atoms with Gasteiger partial charge in [0.25, 0.3) is 5.91 Å². The number of hydrogen-bond acceptors (Lipinski definition) is 5. The van der Waals surface area contributed by atoms with Gasteiger partial charge in [-0.3, -0.25) is 4.79 Å². The number of nitrogens with one attached hydrogen (secondary N) is 2. The maximum atomic E-state index is 11.8. The first-order valence-electron chi connectivity index (χ1n) is 5.07. The van der Waals surface area contributed by atoms with Crippen LogP contribution < -0.4 is 10.6 Å². The summed E-state index contributed by atoms with van der Waals surface area (Å²) in [5.74, 6) is -1.15. The average molecular weight is 243 g/mol. The Balaban J connectivity index is 2.48. The minimum atomic E-state index is -0.806. The molecule has 1 aromatic carbocycles. The molecule has 0 bridgehead atoms. The van der Waals surface area contributed by atoms with Crippen molar-refractivity contribution in [1.29, 1.82) is 5.26 Å². The second-order valence-corrected chi connectivity index (χ2v) is 3.48. The zero-order valence-corrected chi connectivity index (χ0v) is 9.48. The summed E-state index contributed by atoms with van der Waals surface area (Å²) < 4.78 is 4.47. The van der Waals surface area contributed by atoms with E-state index < -0.39 is 5.97 Å². The first kappa shape index (κ1) is 11.7. The van der Waals surface area contributed by atoms with Gasteiger partial charge < -0.3 is 15.4 Å². The smallest absolute Gasteiger partial charge is 0.352 e. The number of nitrogens with zero attached hydrogens (tertiary/aromatic N) is 1. The third-order valence-electron chi connectivity index (χ3n) is 2.42. The van der Waals surface area contributed by atoms with E-state index in [0.29, 0.717) is 11.3 Å². The van der Waals surface area contributed by atoms with Crippen LogP contribution in [0.15, 0.2) is 35.7 Å². The van der Waals surface area contributed by atoms with Crippen LogP contribution in [0.25, 0.3) is 0 Å². The van der Waals surface area contributed by atoms with Crippen molar-refractivity contribution in [2.24, 2.45) is 0 Å². The maximum absolute atomic E-state index is 11.8. The lowest BCUT2D eigenvalue weighted by atomic mass is 10.1. The number of anilines is 1. The largest absolute Gasteiger partial charge is 0.465 e. The predicted molar refractivity (Wildman–Crippen MR) is 62.2 cm³/mol. The van der Waals surface area contributed by atoms with Crippen molar-refractivity contribution in [3.05, 3.63) is 41.2 Å². The van der Waals surface area contributed by atoms with E-state index >= 15 is 0 Å². The predicted octanol–water partition coefficient (Wildman–Crippen LogP) is 0.750. The molecule has 0 radical (unpaired) electrons. The molecule has 1 aliphatic heterocycles. The molecule has 2 rings (SSSR count). The second kappa shape index (κ2) is 4.59. The summed E-state index contributed by atoms with van der Waals surface area (Å²) in [6.07, 6.45) is 0. The normalized spacial score (nSPS) is 15.7. The fourth-order valence-electron chi connectivity index (χ4n) is 1.57. The van der Waals surface area contributed by atoms with Crippen molar-refractivity contribution in [2.45, 2.75) is 0 Å². The van der Waals surface area contributed by atoms with E-state index in [2.05, 4.69) is 15.4 Å². The fraction of sp³-hybridized carbons (Fsp3) is 0.0833. The highest BCUT2D eigenvalue weighted by Gasteiger charge is 2.24. The summed E-state index contributed by atoms with van der Waals surface area (Å²) in [6.45, 7) is 0. The lowest BCUT2D eigenvalue weighted by molar-refractivity contribution is -0.135. The molecule has 1 amide bonds. The van der Waals surface area contributed by atoms with Crippen molar-refractivity contribution >= 4 is 17.6 Å². The van der Waals surface area contributed by atoms with Gasteiger partial charge >= 0.3 is 5.97 Å². The number of fused-ring (bicyclic) bond motifs is 1. The molecule has 0 atom stereocenters. The number of ether oxygens (including phenoxy) is 1. The number of para-hydroxylation sites is 1. The van der Waals surface area contributed by atoms with Crippen LogP contribution in [0.5, 0.6) is 0 Å². The van der Waals surface area contributed by atoms with E-state index in [4.69, 9.17) is 5.26 Å². The molecule has 1 heterocycles. The lowest BCUT2D eigenvalue weighted by Crippen LogP contribution is -2.35. The Hall–Kier alpha value is -2.81. The van der Waals surface area contributed by atoms with Crippen LogP contribution in [0.4, 0.5) is 5.69 Å². The summed E-state index contributed by atoms with van der Waals surface area (Å²) in [6, 6.07) is 8.48. The van der Waals surface area contributed by atoms with Crippen molar-refractivity contribution < 1.29 is 14.3 Å². The monoisotopic (exact) mass is 243 g/mol. The number of amides is 1. The topological polar surface area (TPSA) is 91.2 Å². The molecule has 0 saturated carbocycles. The van der Waals surface area contributed by atoms with Gasteiger partial charge in [-0.2, -0.15) is 5.26 Å². The summed E-state index contributed by atoms with van der Waals surface area (Å²) >= 11 is 0. The number of carbonyl (C=O) groups excluding carboxylic acids is 2. The van der Waals surface area contributed by atoms with E-state index in [1.165, 1.54) is 7.11 Å². The molecule has 1 aliphatic rings. The highest BCUT2D eigenvalue weighted by Crippen LogP contribution is 2.22. The Morgan fingerprint density at radius 1 is 1.33 bits per heavy atom. The Labute approximate surface area is 103 Å². The molecule has 1 aromatic rings. The van der Waals surface area contributed by atoms with Gasteiger partial charge in [0, 0.05) is 0 Å². The van der Waals surface area contributed by atoms with E-state index in [9.17, 15) is 9.59 Å². The quantitative estimate of drug-likeness (QED) is 0.431. The molecule has 0 saturated heterocycles. The number of methoxy groups -OCH3 is 1. The molecule has 0 spiro atoms. The highest BCUT2D eigenvalue weighted by atomic mass is 16.5. The first-order chi connectivity index (χ1) is 8.67. The standard InChI is InChI=1S/C12H9N3O3/c1-18-12(17)8(6-13)10-14-9-5-3-2-4-7(9)11(16)15-10/h2-5,14H,1H3,(H,15,16)/b10-8+. The average Bonchev–Trinajstić information content (AvgIpc) is 2.39. The van der Waals surface area contributed by atoms with Crippen molar-refractivity contribution in [3.63, 3.8) is 0 Å². The third kappa shape index (κ3) is 1.89. The Morgan fingerprint density at radius 3 is 2.72 bits per heavy atom. The zero-order chi connectivity index (χ0) is 13.1. The van der Waals surface area contributed by atoms with E-state index in [0.717, 1.165) is 0 Å². The minimum absolute atomic E-state index is 0.0352. The fourth-order valence-corrected chi connectivity index (χ4v) is 1.57. The Bertz CT molecular complexity index is 599. The van der Waals surface area contributed by atoms with Gasteiger partial charge in [0.2, 0.25) is 0 Å². The van der Waals surface area contributed by atoms with Gasteiger partial charge in [-0.15, -0.1) is 0 Å². The molecule has 6 nitrogen and oxygen atoms in total. The number of rotatable bonds is 1. The summed E-state index contributed by atoms with van der Waals surface area (Å²) in [5, 5.41) is 14.2. The van der Waals surface area contributed by atoms with Crippen LogP contribution in [0.2, 0.25) is 0 Å². The van der Waals surface area contributed by atoms with Crippen molar-refractivity contribution in [3.8, 4) is 6.07 Å². The molecule has 90 valence electrons. The summed E-state index contributed by atoms with van der Waals surface area (Å²) in [4.78, 5) is 23.1. The number of carbonyl (C=O) groups is 2. The van der Waals surface area contributed by atoms with Gasteiger partial charge in [0.15, 0.2) is 5.57 Å². The van der Waals surface area contributed by atoms with Crippen LogP contribution >= 0.6 is 0 Å².